The minimum atomic E-state index is 0. The standard InChI is InChI=1S/C15H24ClN3OS.ClH/c1-17-9-12-5-7-19(8-6-12)11-15(20)18(2)10-13-3-4-14(16)21-13;/h3-4,12,17H,5-11H2,1-2H3;1H. The third-order valence-electron chi connectivity index (χ3n) is 4.01. The molecule has 1 aliphatic heterocycles. The van der Waals surface area contributed by atoms with E-state index in [-0.39, 0.29) is 18.3 Å². The number of hydrogen-bond donors (Lipinski definition) is 1. The van der Waals surface area contributed by atoms with Crippen molar-refractivity contribution in [2.45, 2.75) is 19.4 Å². The smallest absolute Gasteiger partial charge is 0.236 e. The molecule has 0 aromatic carbocycles. The first-order valence-corrected chi connectivity index (χ1v) is 8.63. The molecular formula is C15H25Cl2N3OS. The fourth-order valence-electron chi connectivity index (χ4n) is 2.71. The van der Waals surface area contributed by atoms with Crippen molar-refractivity contribution in [1.29, 1.82) is 0 Å². The third-order valence-corrected chi connectivity index (χ3v) is 5.22. The van der Waals surface area contributed by atoms with Crippen molar-refractivity contribution >= 4 is 41.3 Å². The first kappa shape index (κ1) is 19.7. The van der Waals surface area contributed by atoms with E-state index in [1.165, 1.54) is 24.2 Å². The van der Waals surface area contributed by atoms with Crippen molar-refractivity contribution in [2.24, 2.45) is 5.92 Å². The molecule has 126 valence electrons. The second-order valence-electron chi connectivity index (χ2n) is 5.73. The van der Waals surface area contributed by atoms with E-state index in [9.17, 15) is 4.79 Å². The average molecular weight is 366 g/mol. The molecule has 1 aliphatic rings. The Morgan fingerprint density at radius 2 is 2.14 bits per heavy atom. The van der Waals surface area contributed by atoms with Gasteiger partial charge in [0.05, 0.1) is 17.4 Å². The summed E-state index contributed by atoms with van der Waals surface area (Å²) in [5, 5.41) is 3.24. The molecule has 1 amide bonds. The van der Waals surface area contributed by atoms with Crippen LogP contribution in [0.1, 0.15) is 17.7 Å². The lowest BCUT2D eigenvalue weighted by molar-refractivity contribution is -0.132. The molecule has 1 aromatic heterocycles. The van der Waals surface area contributed by atoms with E-state index in [0.717, 1.165) is 34.8 Å². The second kappa shape index (κ2) is 9.73. The van der Waals surface area contributed by atoms with Gasteiger partial charge in [-0.15, -0.1) is 23.7 Å². The number of thiophene rings is 1. The van der Waals surface area contributed by atoms with Gasteiger partial charge in [0.25, 0.3) is 0 Å². The lowest BCUT2D eigenvalue weighted by atomic mass is 9.97. The summed E-state index contributed by atoms with van der Waals surface area (Å²) in [6, 6.07) is 3.87. The number of nitrogens with one attached hydrogen (secondary N) is 1. The summed E-state index contributed by atoms with van der Waals surface area (Å²) in [6.45, 7) is 4.31. The van der Waals surface area contributed by atoms with E-state index in [0.29, 0.717) is 13.1 Å². The predicted molar refractivity (Wildman–Crippen MR) is 96.1 cm³/mol. The van der Waals surface area contributed by atoms with E-state index in [4.69, 9.17) is 11.6 Å². The van der Waals surface area contributed by atoms with Crippen LogP contribution in [0.4, 0.5) is 0 Å². The van der Waals surface area contributed by atoms with E-state index >= 15 is 0 Å². The van der Waals surface area contributed by atoms with Crippen LogP contribution in [0.25, 0.3) is 0 Å². The van der Waals surface area contributed by atoms with E-state index < -0.39 is 0 Å². The molecule has 0 aliphatic carbocycles. The number of hydrogen-bond acceptors (Lipinski definition) is 4. The first-order valence-electron chi connectivity index (χ1n) is 7.43. The summed E-state index contributed by atoms with van der Waals surface area (Å²) in [4.78, 5) is 17.5. The number of halogens is 2. The number of piperidine rings is 1. The molecule has 0 spiro atoms. The van der Waals surface area contributed by atoms with Gasteiger partial charge in [-0.05, 0) is 57.6 Å². The molecule has 7 heteroatoms. The minimum absolute atomic E-state index is 0. The van der Waals surface area contributed by atoms with Crippen LogP contribution < -0.4 is 5.32 Å². The summed E-state index contributed by atoms with van der Waals surface area (Å²) < 4.78 is 0.775. The van der Waals surface area contributed by atoms with Gasteiger partial charge in [0.2, 0.25) is 5.91 Å². The van der Waals surface area contributed by atoms with Crippen LogP contribution in [0.5, 0.6) is 0 Å². The lowest BCUT2D eigenvalue weighted by Gasteiger charge is -2.32. The SMILES string of the molecule is CNCC1CCN(CC(=O)N(C)Cc2ccc(Cl)s2)CC1.Cl. The molecule has 0 bridgehead atoms. The number of carbonyl (C=O) groups is 1. The average Bonchev–Trinajstić information content (AvgIpc) is 2.86. The van der Waals surface area contributed by atoms with Crippen LogP contribution >= 0.6 is 35.3 Å². The number of amides is 1. The lowest BCUT2D eigenvalue weighted by Crippen LogP contribution is -2.43. The van der Waals surface area contributed by atoms with Crippen LogP contribution in [0.15, 0.2) is 12.1 Å². The van der Waals surface area contributed by atoms with E-state index in [1.54, 1.807) is 4.90 Å². The summed E-state index contributed by atoms with van der Waals surface area (Å²) in [6.07, 6.45) is 2.36. The zero-order valence-electron chi connectivity index (χ0n) is 13.2. The fraction of sp³-hybridized carbons (Fsp3) is 0.667. The molecule has 0 unspecified atom stereocenters. The van der Waals surface area contributed by atoms with Crippen molar-refractivity contribution in [1.82, 2.24) is 15.1 Å². The predicted octanol–water partition coefficient (Wildman–Crippen LogP) is 2.71. The molecular weight excluding hydrogens is 341 g/mol. The third kappa shape index (κ3) is 6.05. The Labute approximate surface area is 148 Å². The number of likely N-dealkylation sites (tertiary alicyclic amines) is 1. The molecule has 1 aromatic rings. The van der Waals surface area contributed by atoms with Crippen molar-refractivity contribution in [3.05, 3.63) is 21.3 Å². The highest BCUT2D eigenvalue weighted by Gasteiger charge is 2.21. The van der Waals surface area contributed by atoms with Gasteiger partial charge < -0.3 is 10.2 Å². The Kier molecular flexibility index (Phi) is 8.72. The number of nitrogens with zero attached hydrogens (tertiary/aromatic N) is 2. The molecule has 1 fully saturated rings. The van der Waals surface area contributed by atoms with Crippen molar-refractivity contribution in [2.75, 3.05) is 40.3 Å². The Morgan fingerprint density at radius 1 is 1.45 bits per heavy atom. The summed E-state index contributed by atoms with van der Waals surface area (Å²) in [7, 11) is 3.87. The van der Waals surface area contributed by atoms with Gasteiger partial charge in [0, 0.05) is 11.9 Å². The second-order valence-corrected chi connectivity index (χ2v) is 7.53. The van der Waals surface area contributed by atoms with Crippen LogP contribution in [-0.2, 0) is 11.3 Å². The van der Waals surface area contributed by atoms with Crippen LogP contribution in [-0.4, -0.2) is 56.0 Å². The molecule has 4 nitrogen and oxygen atoms in total. The highest BCUT2D eigenvalue weighted by atomic mass is 35.5. The zero-order chi connectivity index (χ0) is 15.2. The van der Waals surface area contributed by atoms with Crippen LogP contribution in [0.2, 0.25) is 4.34 Å². The number of likely N-dealkylation sites (N-methyl/N-ethyl adjacent to an activating group) is 1. The number of rotatable bonds is 6. The highest BCUT2D eigenvalue weighted by Crippen LogP contribution is 2.22. The highest BCUT2D eigenvalue weighted by molar-refractivity contribution is 7.16. The summed E-state index contributed by atoms with van der Waals surface area (Å²) >= 11 is 7.46. The summed E-state index contributed by atoms with van der Waals surface area (Å²) in [5.41, 5.74) is 0. The topological polar surface area (TPSA) is 35.6 Å². The molecule has 0 saturated carbocycles. The van der Waals surface area contributed by atoms with Gasteiger partial charge in [0.1, 0.15) is 0 Å². The fourth-order valence-corrected chi connectivity index (χ4v) is 3.85. The monoisotopic (exact) mass is 365 g/mol. The quantitative estimate of drug-likeness (QED) is 0.841. The number of carbonyl (C=O) groups excluding carboxylic acids is 1. The van der Waals surface area contributed by atoms with Gasteiger partial charge in [-0.3, -0.25) is 9.69 Å². The Morgan fingerprint density at radius 3 is 2.68 bits per heavy atom. The van der Waals surface area contributed by atoms with E-state index in [1.807, 2.05) is 26.2 Å². The van der Waals surface area contributed by atoms with Crippen molar-refractivity contribution in [3.8, 4) is 0 Å². The maximum atomic E-state index is 12.3. The van der Waals surface area contributed by atoms with Gasteiger partial charge in [-0.25, -0.2) is 0 Å². The minimum Gasteiger partial charge on any atom is -0.340 e. The van der Waals surface area contributed by atoms with Gasteiger partial charge in [-0.2, -0.15) is 0 Å². The van der Waals surface area contributed by atoms with Gasteiger partial charge in [-0.1, -0.05) is 11.6 Å². The van der Waals surface area contributed by atoms with Gasteiger partial charge >= 0.3 is 0 Å². The van der Waals surface area contributed by atoms with E-state index in [2.05, 4.69) is 10.2 Å². The maximum Gasteiger partial charge on any atom is 0.236 e. The molecule has 1 N–H and O–H groups in total. The summed E-state index contributed by atoms with van der Waals surface area (Å²) in [5.74, 6) is 0.943. The van der Waals surface area contributed by atoms with Gasteiger partial charge in [0.15, 0.2) is 0 Å². The Bertz CT molecular complexity index is 461. The van der Waals surface area contributed by atoms with Crippen molar-refractivity contribution < 1.29 is 4.79 Å². The van der Waals surface area contributed by atoms with Crippen LogP contribution in [0, 0.1) is 5.92 Å². The Balaban J connectivity index is 0.00000242. The largest absolute Gasteiger partial charge is 0.340 e. The molecule has 0 radical (unpaired) electrons. The Hall–Kier alpha value is -0.330. The zero-order valence-corrected chi connectivity index (χ0v) is 15.6. The maximum absolute atomic E-state index is 12.3. The molecule has 1 saturated heterocycles. The normalized spacial score (nSPS) is 16.3. The first-order chi connectivity index (χ1) is 10.1. The molecule has 22 heavy (non-hydrogen) atoms. The van der Waals surface area contributed by atoms with Crippen molar-refractivity contribution in [3.63, 3.8) is 0 Å². The molecule has 2 rings (SSSR count). The molecule has 2 heterocycles. The van der Waals surface area contributed by atoms with Crippen LogP contribution in [0.3, 0.4) is 0 Å². The molecule has 0 atom stereocenters.